The number of rotatable bonds is 17. The van der Waals surface area contributed by atoms with Crippen molar-refractivity contribution < 1.29 is 43.1 Å². The van der Waals surface area contributed by atoms with Gasteiger partial charge in [0.2, 0.25) is 0 Å². The number of hydrogen-bond acceptors (Lipinski definition) is 6. The van der Waals surface area contributed by atoms with Crippen molar-refractivity contribution in [3.05, 3.63) is 29.3 Å². The smallest absolute Gasteiger partial charge is 0.472 e. The molecule has 0 aliphatic rings. The molecule has 3 N–H and O–H groups in total. The third kappa shape index (κ3) is 15.9. The number of ether oxygens (including phenoxy) is 1. The molecule has 1 unspecified atom stereocenters. The van der Waals surface area contributed by atoms with Crippen LogP contribution in [0.5, 0.6) is 5.75 Å². The van der Waals surface area contributed by atoms with Gasteiger partial charge < -0.3 is 24.7 Å². The van der Waals surface area contributed by atoms with Gasteiger partial charge >= 0.3 is 13.8 Å². The molecule has 0 aliphatic carbocycles. The van der Waals surface area contributed by atoms with Crippen LogP contribution >= 0.6 is 7.82 Å². The first-order chi connectivity index (χ1) is 14.9. The van der Waals surface area contributed by atoms with Crippen LogP contribution in [-0.2, 0) is 18.4 Å². The van der Waals surface area contributed by atoms with E-state index in [1.54, 1.807) is 0 Å². The summed E-state index contributed by atoms with van der Waals surface area (Å²) in [7, 11) is 1.29. The van der Waals surface area contributed by atoms with Gasteiger partial charge in [-0.1, -0.05) is 31.7 Å². The van der Waals surface area contributed by atoms with Gasteiger partial charge in [0.15, 0.2) is 0 Å². The van der Waals surface area contributed by atoms with E-state index in [-0.39, 0.29) is 25.0 Å². The molecule has 0 aromatic heterocycles. The lowest BCUT2D eigenvalue weighted by atomic mass is 10.1. The zero-order chi connectivity index (χ0) is 24.2. The van der Waals surface area contributed by atoms with Crippen LogP contribution in [-0.4, -0.2) is 72.9 Å². The second-order valence-electron chi connectivity index (χ2n) is 9.32. The van der Waals surface area contributed by atoms with Crippen LogP contribution in [0.15, 0.2) is 18.2 Å². The van der Waals surface area contributed by atoms with Crippen molar-refractivity contribution in [2.45, 2.75) is 64.9 Å². The van der Waals surface area contributed by atoms with E-state index in [0.29, 0.717) is 17.5 Å². The fourth-order valence-corrected chi connectivity index (χ4v) is 4.18. The van der Waals surface area contributed by atoms with Gasteiger partial charge in [-0.05, 0) is 49.9 Å². The predicted octanol–water partition coefficient (Wildman–Crippen LogP) is 4.53. The third-order valence-electron chi connectivity index (χ3n) is 4.98. The quantitative estimate of drug-likeness (QED) is 0.185. The van der Waals surface area contributed by atoms with E-state index < -0.39 is 19.9 Å². The number of nitrogens with zero attached hydrogens (tertiary/aromatic N) is 1. The summed E-state index contributed by atoms with van der Waals surface area (Å²) in [4.78, 5) is 20.9. The molecule has 0 saturated heterocycles. The van der Waals surface area contributed by atoms with E-state index in [0.717, 1.165) is 37.9 Å². The van der Waals surface area contributed by atoms with Crippen LogP contribution in [0.3, 0.4) is 0 Å². The van der Waals surface area contributed by atoms with Crippen molar-refractivity contribution in [3.8, 4) is 5.75 Å². The number of aliphatic carboxylic acids is 1. The van der Waals surface area contributed by atoms with Crippen molar-refractivity contribution >= 4 is 13.8 Å². The molecule has 0 fully saturated rings. The molecule has 1 aromatic rings. The summed E-state index contributed by atoms with van der Waals surface area (Å²) in [5.41, 5.74) is 2.49. The van der Waals surface area contributed by atoms with Gasteiger partial charge in [-0.3, -0.25) is 13.8 Å². The molecule has 192 valence electrons. The Morgan fingerprint density at radius 1 is 1.00 bits per heavy atom. The minimum atomic E-state index is -4.29. The number of carboxylic acids is 1. The first-order valence-corrected chi connectivity index (χ1v) is 12.8. The molecule has 33 heavy (non-hydrogen) atoms. The first-order valence-electron chi connectivity index (χ1n) is 11.3. The van der Waals surface area contributed by atoms with Crippen molar-refractivity contribution in [1.29, 1.82) is 0 Å². The zero-order valence-corrected chi connectivity index (χ0v) is 21.6. The van der Waals surface area contributed by atoms with E-state index in [1.165, 1.54) is 11.1 Å². The number of benzene rings is 1. The molecule has 0 heterocycles. The standard InChI is InChI=1S/C23H40NO7P.H2O/c1-19-12-13-21(16-20(19)2)29-14-10-8-6-7-9-11-15-30-32(27,28)31-22(17-23(25)26)18-24(3,4)5;/h12-13,16,22H,6-11,14-15,17-18H2,1-5H3,(H-,25,26,27,28);1H2/t22-;/m1./s1. The summed E-state index contributed by atoms with van der Waals surface area (Å²) in [5, 5.41) is 9.00. The Balaban J connectivity index is 0.0000102. The van der Waals surface area contributed by atoms with Crippen LogP contribution in [0.1, 0.15) is 56.1 Å². The molecule has 0 spiro atoms. The topological polar surface area (TPSA) is 132 Å². The minimum Gasteiger partial charge on any atom is -0.870 e. The maximum Gasteiger partial charge on any atom is 0.472 e. The lowest BCUT2D eigenvalue weighted by molar-refractivity contribution is -0.873. The average Bonchev–Trinajstić information content (AvgIpc) is 2.63. The number of carboxylic acid groups (broad SMARTS) is 1. The van der Waals surface area contributed by atoms with Gasteiger partial charge in [0.1, 0.15) is 18.4 Å². The average molecular weight is 492 g/mol. The monoisotopic (exact) mass is 491 g/mol. The highest BCUT2D eigenvalue weighted by Crippen LogP contribution is 2.45. The maximum atomic E-state index is 12.2. The molecule has 0 aliphatic heterocycles. The Kier molecular flexibility index (Phi) is 14.7. The molecule has 0 radical (unpaired) electrons. The molecule has 0 bridgehead atoms. The summed E-state index contributed by atoms with van der Waals surface area (Å²) in [6.45, 7) is 5.25. The van der Waals surface area contributed by atoms with Crippen LogP contribution < -0.4 is 4.74 Å². The van der Waals surface area contributed by atoms with Crippen molar-refractivity contribution in [2.75, 3.05) is 40.9 Å². The Bertz CT molecular complexity index is 750. The molecule has 0 saturated carbocycles. The van der Waals surface area contributed by atoms with Gasteiger partial charge in [-0.2, -0.15) is 0 Å². The normalized spacial score (nSPS) is 14.2. The van der Waals surface area contributed by atoms with Gasteiger partial charge in [0.05, 0.1) is 40.8 Å². The number of aryl methyl sites for hydroxylation is 2. The third-order valence-corrected chi connectivity index (χ3v) is 6.05. The first kappa shape index (κ1) is 31.5. The van der Waals surface area contributed by atoms with Crippen molar-refractivity contribution in [1.82, 2.24) is 0 Å². The highest BCUT2D eigenvalue weighted by Gasteiger charge is 2.31. The van der Waals surface area contributed by atoms with E-state index in [9.17, 15) is 14.3 Å². The summed E-state index contributed by atoms with van der Waals surface area (Å²) >= 11 is 0. The van der Waals surface area contributed by atoms with Gasteiger partial charge in [0.25, 0.3) is 0 Å². The number of phosphoric acid groups is 1. The lowest BCUT2D eigenvalue weighted by Crippen LogP contribution is -2.42. The Morgan fingerprint density at radius 2 is 1.58 bits per heavy atom. The molecular formula is C23H42NO8P. The number of hydrogen-bond donors (Lipinski definition) is 2. The molecular weight excluding hydrogens is 449 g/mol. The number of phosphoric ester groups is 1. The Labute approximate surface area is 198 Å². The van der Waals surface area contributed by atoms with E-state index in [2.05, 4.69) is 26.0 Å². The fourth-order valence-electron chi connectivity index (χ4n) is 3.24. The fraction of sp³-hybridized carbons (Fsp3) is 0.696. The second kappa shape index (κ2) is 15.4. The summed E-state index contributed by atoms with van der Waals surface area (Å²) in [5.74, 6) is -0.171. The van der Waals surface area contributed by atoms with E-state index >= 15 is 0 Å². The summed E-state index contributed by atoms with van der Waals surface area (Å²) in [6, 6.07) is 6.13. The predicted molar refractivity (Wildman–Crippen MR) is 127 cm³/mol. The Morgan fingerprint density at radius 3 is 2.12 bits per heavy atom. The molecule has 9 nitrogen and oxygen atoms in total. The van der Waals surface area contributed by atoms with Gasteiger partial charge in [-0.25, -0.2) is 4.57 Å². The summed E-state index contributed by atoms with van der Waals surface area (Å²) < 4.78 is 28.5. The number of quaternary nitrogens is 1. The minimum absolute atomic E-state index is 0. The number of unbranched alkanes of at least 4 members (excludes halogenated alkanes) is 5. The van der Waals surface area contributed by atoms with Crippen LogP contribution in [0.2, 0.25) is 0 Å². The van der Waals surface area contributed by atoms with Crippen LogP contribution in [0.4, 0.5) is 0 Å². The SMILES string of the molecule is Cc1ccc(OCCCCCCCCOP(=O)(O)O[C@H](CC(=O)O)C[N+](C)(C)C)cc1C.[OH-]. The molecule has 2 atom stereocenters. The molecule has 1 aromatic carbocycles. The largest absolute Gasteiger partial charge is 0.870 e. The van der Waals surface area contributed by atoms with E-state index in [1.807, 2.05) is 27.2 Å². The van der Waals surface area contributed by atoms with Crippen molar-refractivity contribution in [2.24, 2.45) is 0 Å². The van der Waals surface area contributed by atoms with Gasteiger partial charge in [-0.15, -0.1) is 0 Å². The number of likely N-dealkylation sites (N-methyl/N-ethyl adjacent to an activating group) is 1. The van der Waals surface area contributed by atoms with Crippen LogP contribution in [0, 0.1) is 13.8 Å². The maximum absolute atomic E-state index is 12.2. The zero-order valence-electron chi connectivity index (χ0n) is 20.7. The highest BCUT2D eigenvalue weighted by molar-refractivity contribution is 7.47. The van der Waals surface area contributed by atoms with Crippen molar-refractivity contribution in [3.63, 3.8) is 0 Å². The summed E-state index contributed by atoms with van der Waals surface area (Å²) in [6.07, 6.45) is 4.41. The van der Waals surface area contributed by atoms with Crippen LogP contribution in [0.25, 0.3) is 0 Å². The lowest BCUT2D eigenvalue weighted by Gasteiger charge is -2.29. The molecule has 1 rings (SSSR count). The number of carbonyl (C=O) groups is 1. The molecule has 0 amide bonds. The molecule has 10 heteroatoms. The van der Waals surface area contributed by atoms with E-state index in [4.69, 9.17) is 18.9 Å². The Hall–Kier alpha value is -1.48. The van der Waals surface area contributed by atoms with Gasteiger partial charge in [0, 0.05) is 0 Å². The second-order valence-corrected chi connectivity index (χ2v) is 10.7. The highest BCUT2D eigenvalue weighted by atomic mass is 31.2.